The average molecular weight is 423 g/mol. The minimum absolute atomic E-state index is 0.0332. The molecule has 0 saturated carbocycles. The van der Waals surface area contributed by atoms with Crippen LogP contribution in [-0.4, -0.2) is 50.3 Å². The molecule has 0 bridgehead atoms. The van der Waals surface area contributed by atoms with Gasteiger partial charge in [0, 0.05) is 38.2 Å². The Balaban J connectivity index is 1.74. The number of halogens is 2. The smallest absolute Gasteiger partial charge is 0.251 e. The van der Waals surface area contributed by atoms with E-state index < -0.39 is 0 Å². The maximum atomic E-state index is 12.1. The Labute approximate surface area is 175 Å². The minimum Gasteiger partial charge on any atom is -0.396 e. The van der Waals surface area contributed by atoms with Crippen molar-refractivity contribution in [2.45, 2.75) is 5.92 Å². The molecular weight excluding hydrogens is 399 g/mol. The number of nitrogens with one attached hydrogen (secondary N) is 3. The number of hydrogen-bond acceptors (Lipinski definition) is 3. The number of hydrogen-bond donors (Lipinski definition) is 4. The van der Waals surface area contributed by atoms with Gasteiger partial charge < -0.3 is 21.1 Å². The van der Waals surface area contributed by atoms with Gasteiger partial charge in [0.15, 0.2) is 5.96 Å². The van der Waals surface area contributed by atoms with Gasteiger partial charge in [0.2, 0.25) is 0 Å². The second kappa shape index (κ2) is 11.5. The number of benzene rings is 2. The zero-order chi connectivity index (χ0) is 20.4. The molecule has 6 nitrogen and oxygen atoms in total. The number of amides is 1. The number of aliphatic hydroxyl groups excluding tert-OH is 1. The molecule has 0 heterocycles. The van der Waals surface area contributed by atoms with Gasteiger partial charge in [-0.1, -0.05) is 53.5 Å². The van der Waals surface area contributed by atoms with Crippen LogP contribution in [0.1, 0.15) is 21.8 Å². The summed E-state index contributed by atoms with van der Waals surface area (Å²) in [7, 11) is 1.67. The SMILES string of the molecule is CN=C(NCCNC(=O)c1ccc(Cl)c(Cl)c1)NCC(CO)c1ccccc1. The highest BCUT2D eigenvalue weighted by molar-refractivity contribution is 6.42. The van der Waals surface area contributed by atoms with Crippen LogP contribution in [0.4, 0.5) is 0 Å². The normalized spacial score (nSPS) is 12.4. The Hall–Kier alpha value is -2.28. The largest absolute Gasteiger partial charge is 0.396 e. The zero-order valence-corrected chi connectivity index (χ0v) is 17.1. The van der Waals surface area contributed by atoms with Gasteiger partial charge in [-0.25, -0.2) is 0 Å². The van der Waals surface area contributed by atoms with Crippen LogP contribution >= 0.6 is 23.2 Å². The highest BCUT2D eigenvalue weighted by Crippen LogP contribution is 2.22. The van der Waals surface area contributed by atoms with E-state index in [0.717, 1.165) is 5.56 Å². The van der Waals surface area contributed by atoms with E-state index in [1.54, 1.807) is 19.2 Å². The lowest BCUT2D eigenvalue weighted by Crippen LogP contribution is -2.43. The molecular formula is C20H24Cl2N4O2. The van der Waals surface area contributed by atoms with Gasteiger partial charge in [0.05, 0.1) is 16.7 Å². The molecule has 8 heteroatoms. The number of carbonyl (C=O) groups excluding carboxylic acids is 1. The maximum Gasteiger partial charge on any atom is 0.251 e. The molecule has 2 aromatic carbocycles. The van der Waals surface area contributed by atoms with Crippen molar-refractivity contribution in [1.82, 2.24) is 16.0 Å². The molecule has 1 atom stereocenters. The van der Waals surface area contributed by atoms with E-state index in [4.69, 9.17) is 23.2 Å². The number of guanidine groups is 1. The molecule has 2 rings (SSSR count). The molecule has 0 aromatic heterocycles. The summed E-state index contributed by atoms with van der Waals surface area (Å²) >= 11 is 11.8. The van der Waals surface area contributed by atoms with E-state index in [1.165, 1.54) is 6.07 Å². The summed E-state index contributed by atoms with van der Waals surface area (Å²) in [5.41, 5.74) is 1.51. The van der Waals surface area contributed by atoms with Crippen molar-refractivity contribution in [2.24, 2.45) is 4.99 Å². The Morgan fingerprint density at radius 2 is 1.75 bits per heavy atom. The molecule has 0 aliphatic rings. The first-order valence-corrected chi connectivity index (χ1v) is 9.64. The van der Waals surface area contributed by atoms with Gasteiger partial charge in [-0.15, -0.1) is 0 Å². The predicted octanol–water partition coefficient (Wildman–Crippen LogP) is 2.66. The molecule has 0 fully saturated rings. The lowest BCUT2D eigenvalue weighted by atomic mass is 10.0. The van der Waals surface area contributed by atoms with Crippen LogP contribution in [0.2, 0.25) is 10.0 Å². The molecule has 150 valence electrons. The Morgan fingerprint density at radius 3 is 2.39 bits per heavy atom. The fourth-order valence-corrected chi connectivity index (χ4v) is 2.85. The standard InChI is InChI=1S/C20H24Cl2N4O2/c1-23-20(26-12-16(13-27)14-5-3-2-4-6-14)25-10-9-24-19(28)15-7-8-17(21)18(22)11-15/h2-8,11,16,27H,9-10,12-13H2,1H3,(H,24,28)(H2,23,25,26). The first kappa shape index (κ1) is 22.0. The fraction of sp³-hybridized carbons (Fsp3) is 0.300. The van der Waals surface area contributed by atoms with Gasteiger partial charge in [0.25, 0.3) is 5.91 Å². The summed E-state index contributed by atoms with van der Waals surface area (Å²) in [6, 6.07) is 14.5. The molecule has 1 amide bonds. The lowest BCUT2D eigenvalue weighted by Gasteiger charge is -2.18. The van der Waals surface area contributed by atoms with Gasteiger partial charge in [-0.3, -0.25) is 9.79 Å². The van der Waals surface area contributed by atoms with Crippen LogP contribution in [-0.2, 0) is 0 Å². The van der Waals surface area contributed by atoms with E-state index >= 15 is 0 Å². The number of nitrogens with zero attached hydrogens (tertiary/aromatic N) is 1. The minimum atomic E-state index is -0.229. The summed E-state index contributed by atoms with van der Waals surface area (Å²) < 4.78 is 0. The summed E-state index contributed by atoms with van der Waals surface area (Å²) in [4.78, 5) is 16.3. The molecule has 0 aliphatic carbocycles. The Bertz CT molecular complexity index is 800. The number of carbonyl (C=O) groups is 1. The number of rotatable bonds is 8. The van der Waals surface area contributed by atoms with Gasteiger partial charge >= 0.3 is 0 Å². The topological polar surface area (TPSA) is 85.8 Å². The van der Waals surface area contributed by atoms with Crippen molar-refractivity contribution in [3.8, 4) is 0 Å². The second-order valence-corrected chi connectivity index (χ2v) is 6.87. The van der Waals surface area contributed by atoms with E-state index in [9.17, 15) is 9.90 Å². The van der Waals surface area contributed by atoms with Gasteiger partial charge in [-0.2, -0.15) is 0 Å². The van der Waals surface area contributed by atoms with E-state index in [2.05, 4.69) is 20.9 Å². The lowest BCUT2D eigenvalue weighted by molar-refractivity contribution is 0.0954. The van der Waals surface area contributed by atoms with Gasteiger partial charge in [0.1, 0.15) is 0 Å². The zero-order valence-electron chi connectivity index (χ0n) is 15.6. The maximum absolute atomic E-state index is 12.1. The summed E-state index contributed by atoms with van der Waals surface area (Å²) in [6.07, 6.45) is 0. The summed E-state index contributed by atoms with van der Waals surface area (Å²) in [6.45, 7) is 1.47. The van der Waals surface area contributed by atoms with Crippen molar-refractivity contribution in [3.63, 3.8) is 0 Å². The summed E-state index contributed by atoms with van der Waals surface area (Å²) in [5, 5.41) is 19.5. The van der Waals surface area contributed by atoms with Crippen LogP contribution in [0.3, 0.4) is 0 Å². The Morgan fingerprint density at radius 1 is 1.04 bits per heavy atom. The molecule has 0 saturated heterocycles. The monoisotopic (exact) mass is 422 g/mol. The molecule has 0 spiro atoms. The van der Waals surface area contributed by atoms with Gasteiger partial charge in [-0.05, 0) is 23.8 Å². The van der Waals surface area contributed by atoms with E-state index in [1.807, 2.05) is 30.3 Å². The molecule has 1 unspecified atom stereocenters. The molecule has 0 aliphatic heterocycles. The molecule has 0 radical (unpaired) electrons. The first-order valence-electron chi connectivity index (χ1n) is 8.88. The predicted molar refractivity (Wildman–Crippen MR) is 114 cm³/mol. The fourth-order valence-electron chi connectivity index (χ4n) is 2.55. The molecule has 2 aromatic rings. The van der Waals surface area contributed by atoms with E-state index in [-0.39, 0.29) is 18.4 Å². The molecule has 4 N–H and O–H groups in total. The summed E-state index contributed by atoms with van der Waals surface area (Å²) in [5.74, 6) is 0.333. The van der Waals surface area contributed by atoms with Crippen molar-refractivity contribution < 1.29 is 9.90 Å². The van der Waals surface area contributed by atoms with Crippen molar-refractivity contribution in [2.75, 3.05) is 33.3 Å². The van der Waals surface area contributed by atoms with Crippen molar-refractivity contribution >= 4 is 35.1 Å². The number of aliphatic hydroxyl groups is 1. The number of aliphatic imine (C=N–C) groups is 1. The van der Waals surface area contributed by atoms with E-state index in [0.29, 0.717) is 41.2 Å². The highest BCUT2D eigenvalue weighted by Gasteiger charge is 2.11. The Kier molecular flexibility index (Phi) is 9.07. The van der Waals surface area contributed by atoms with Crippen LogP contribution < -0.4 is 16.0 Å². The quantitative estimate of drug-likeness (QED) is 0.299. The van der Waals surface area contributed by atoms with Crippen LogP contribution in [0.5, 0.6) is 0 Å². The average Bonchev–Trinajstić information content (AvgIpc) is 2.72. The van der Waals surface area contributed by atoms with Crippen LogP contribution in [0.25, 0.3) is 0 Å². The third kappa shape index (κ3) is 6.71. The van der Waals surface area contributed by atoms with Crippen molar-refractivity contribution in [3.05, 3.63) is 69.7 Å². The van der Waals surface area contributed by atoms with Crippen molar-refractivity contribution in [1.29, 1.82) is 0 Å². The third-order valence-corrected chi connectivity index (χ3v) is 4.85. The molecule has 28 heavy (non-hydrogen) atoms. The van der Waals surface area contributed by atoms with Crippen LogP contribution in [0, 0.1) is 0 Å². The third-order valence-electron chi connectivity index (χ3n) is 4.12. The second-order valence-electron chi connectivity index (χ2n) is 6.05. The highest BCUT2D eigenvalue weighted by atomic mass is 35.5. The first-order chi connectivity index (χ1) is 13.5. The van der Waals surface area contributed by atoms with Crippen LogP contribution in [0.15, 0.2) is 53.5 Å².